The number of nitrogens with one attached hydrogen (secondary N) is 2. The van der Waals surface area contributed by atoms with E-state index >= 15 is 0 Å². The van der Waals surface area contributed by atoms with Crippen molar-refractivity contribution in [2.75, 3.05) is 24.8 Å². The molecule has 10 heteroatoms. The summed E-state index contributed by atoms with van der Waals surface area (Å²) in [6.45, 7) is 1.12. The van der Waals surface area contributed by atoms with Crippen LogP contribution in [0.25, 0.3) is 0 Å². The fourth-order valence-corrected chi connectivity index (χ4v) is 2.53. The molecule has 2 rings (SSSR count). The van der Waals surface area contributed by atoms with Gasteiger partial charge in [0.1, 0.15) is 0 Å². The molecule has 0 radical (unpaired) electrons. The second-order valence-electron chi connectivity index (χ2n) is 6.19. The molecule has 2 N–H and O–H groups in total. The summed E-state index contributed by atoms with van der Waals surface area (Å²) in [5.41, 5.74) is -1.20. The lowest BCUT2D eigenvalue weighted by Crippen LogP contribution is -2.31. The van der Waals surface area contributed by atoms with Crippen LogP contribution in [0, 0.1) is 5.82 Å². The Bertz CT molecular complexity index is 916. The van der Waals surface area contributed by atoms with Crippen molar-refractivity contribution in [2.24, 2.45) is 0 Å². The number of hydrogen-bond donors (Lipinski definition) is 2. The summed E-state index contributed by atoms with van der Waals surface area (Å²) < 4.78 is 58.6. The van der Waals surface area contributed by atoms with Gasteiger partial charge < -0.3 is 20.3 Å². The molecule has 2 aromatic carbocycles. The number of rotatable bonds is 5. The Hall–Kier alpha value is -3.30. The van der Waals surface area contributed by atoms with Crippen LogP contribution in [-0.4, -0.2) is 31.0 Å². The second-order valence-corrected chi connectivity index (χ2v) is 6.19. The van der Waals surface area contributed by atoms with Crippen molar-refractivity contribution in [1.29, 1.82) is 0 Å². The Morgan fingerprint density at radius 2 is 1.79 bits per heavy atom. The molecule has 2 aromatic rings. The van der Waals surface area contributed by atoms with Gasteiger partial charge in [-0.1, -0.05) is 6.07 Å². The molecule has 0 unspecified atom stereocenters. The topological polar surface area (TPSA) is 70.7 Å². The molecule has 0 saturated heterocycles. The largest absolute Gasteiger partial charge is 0.494 e. The highest BCUT2D eigenvalue weighted by Crippen LogP contribution is 2.36. The zero-order chi connectivity index (χ0) is 21.8. The number of ether oxygens (including phenoxy) is 1. The van der Waals surface area contributed by atoms with Gasteiger partial charge in [-0.15, -0.1) is 0 Å². The van der Waals surface area contributed by atoms with Gasteiger partial charge in [0.15, 0.2) is 11.6 Å². The first-order chi connectivity index (χ1) is 13.5. The maximum Gasteiger partial charge on any atom is 0.418 e. The molecule has 0 bridgehead atoms. The van der Waals surface area contributed by atoms with E-state index < -0.39 is 35.2 Å². The van der Waals surface area contributed by atoms with Crippen molar-refractivity contribution in [3.8, 4) is 5.75 Å². The summed E-state index contributed by atoms with van der Waals surface area (Å²) in [6.07, 6.45) is -4.76. The molecule has 0 aliphatic rings. The fourth-order valence-electron chi connectivity index (χ4n) is 2.53. The number of urea groups is 1. The van der Waals surface area contributed by atoms with Crippen LogP contribution in [-0.2, 0) is 17.5 Å². The minimum Gasteiger partial charge on any atom is -0.494 e. The predicted octanol–water partition coefficient (Wildman–Crippen LogP) is 4.48. The van der Waals surface area contributed by atoms with E-state index in [9.17, 15) is 27.2 Å². The Balaban J connectivity index is 2.18. The Kier molecular flexibility index (Phi) is 6.68. The van der Waals surface area contributed by atoms with Crippen molar-refractivity contribution in [2.45, 2.75) is 19.6 Å². The maximum absolute atomic E-state index is 13.8. The highest BCUT2D eigenvalue weighted by Gasteiger charge is 2.34. The SMILES string of the molecule is COc1ccc(CN(C)C(=O)Nc2ccc(NC(C)=O)cc2C(F)(F)F)cc1F. The summed E-state index contributed by atoms with van der Waals surface area (Å²) in [4.78, 5) is 24.5. The average Bonchev–Trinajstić information content (AvgIpc) is 2.61. The van der Waals surface area contributed by atoms with E-state index in [0.717, 1.165) is 17.0 Å². The number of alkyl halides is 3. The standard InChI is InChI=1S/C19H19F4N3O3/c1-11(27)24-13-5-6-16(14(9-13)19(21,22)23)25-18(28)26(2)10-12-4-7-17(29-3)15(20)8-12/h4-9H,10H2,1-3H3,(H,24,27)(H,25,28). The third-order valence-electron chi connectivity index (χ3n) is 3.87. The smallest absolute Gasteiger partial charge is 0.418 e. The van der Waals surface area contributed by atoms with Crippen LogP contribution < -0.4 is 15.4 Å². The van der Waals surface area contributed by atoms with Crippen LogP contribution in [0.15, 0.2) is 36.4 Å². The second kappa shape index (κ2) is 8.80. The van der Waals surface area contributed by atoms with Crippen LogP contribution >= 0.6 is 0 Å². The highest BCUT2D eigenvalue weighted by atomic mass is 19.4. The van der Waals surface area contributed by atoms with Crippen molar-refractivity contribution in [1.82, 2.24) is 4.90 Å². The van der Waals surface area contributed by atoms with Gasteiger partial charge in [0.2, 0.25) is 5.91 Å². The first-order valence-corrected chi connectivity index (χ1v) is 8.34. The zero-order valence-corrected chi connectivity index (χ0v) is 15.9. The van der Waals surface area contributed by atoms with E-state index in [0.29, 0.717) is 5.56 Å². The van der Waals surface area contributed by atoms with Gasteiger partial charge in [0.05, 0.1) is 18.4 Å². The molecular formula is C19H19F4N3O3. The van der Waals surface area contributed by atoms with Crippen molar-refractivity contribution < 1.29 is 31.9 Å². The Morgan fingerprint density at radius 1 is 1.10 bits per heavy atom. The molecule has 0 heterocycles. The molecule has 0 fully saturated rings. The average molecular weight is 413 g/mol. The molecule has 0 atom stereocenters. The number of hydrogen-bond acceptors (Lipinski definition) is 3. The maximum atomic E-state index is 13.8. The van der Waals surface area contributed by atoms with Crippen LogP contribution in [0.1, 0.15) is 18.1 Å². The van der Waals surface area contributed by atoms with Crippen LogP contribution in [0.3, 0.4) is 0 Å². The zero-order valence-electron chi connectivity index (χ0n) is 15.9. The van der Waals surface area contributed by atoms with E-state index in [-0.39, 0.29) is 18.0 Å². The highest BCUT2D eigenvalue weighted by molar-refractivity contribution is 5.92. The number of anilines is 2. The van der Waals surface area contributed by atoms with Gasteiger partial charge in [0.25, 0.3) is 0 Å². The number of carbonyl (C=O) groups excluding carboxylic acids is 2. The van der Waals surface area contributed by atoms with E-state index in [1.54, 1.807) is 0 Å². The number of halogens is 4. The third kappa shape index (κ3) is 5.84. The van der Waals surface area contributed by atoms with Crippen LogP contribution in [0.5, 0.6) is 5.75 Å². The summed E-state index contributed by atoms with van der Waals surface area (Å²) in [5.74, 6) is -1.11. The fraction of sp³-hybridized carbons (Fsp3) is 0.263. The number of methoxy groups -OCH3 is 1. The molecule has 156 valence electrons. The Labute approximate surface area is 164 Å². The van der Waals surface area contributed by atoms with Gasteiger partial charge in [0, 0.05) is 26.2 Å². The summed E-state index contributed by atoms with van der Waals surface area (Å²) in [6, 6.07) is 6.30. The first-order valence-electron chi connectivity index (χ1n) is 8.34. The summed E-state index contributed by atoms with van der Waals surface area (Å²) >= 11 is 0. The summed E-state index contributed by atoms with van der Waals surface area (Å²) in [5, 5.41) is 4.45. The van der Waals surface area contributed by atoms with Crippen LogP contribution in [0.4, 0.5) is 33.7 Å². The van der Waals surface area contributed by atoms with Gasteiger partial charge >= 0.3 is 12.2 Å². The molecule has 0 aromatic heterocycles. The number of nitrogens with zero attached hydrogens (tertiary/aromatic N) is 1. The van der Waals surface area contributed by atoms with Gasteiger partial charge in [-0.3, -0.25) is 4.79 Å². The van der Waals surface area contributed by atoms with E-state index in [1.165, 1.54) is 45.3 Å². The molecule has 0 spiro atoms. The van der Waals surface area contributed by atoms with Crippen molar-refractivity contribution in [3.05, 3.63) is 53.3 Å². The van der Waals surface area contributed by atoms with Gasteiger partial charge in [-0.05, 0) is 35.9 Å². The molecule has 0 aliphatic carbocycles. The third-order valence-corrected chi connectivity index (χ3v) is 3.87. The lowest BCUT2D eigenvalue weighted by Gasteiger charge is -2.21. The Morgan fingerprint density at radius 3 is 2.34 bits per heavy atom. The lowest BCUT2D eigenvalue weighted by atomic mass is 10.1. The van der Waals surface area contributed by atoms with Crippen molar-refractivity contribution >= 4 is 23.3 Å². The van der Waals surface area contributed by atoms with Gasteiger partial charge in [-0.2, -0.15) is 13.2 Å². The van der Waals surface area contributed by atoms with E-state index in [1.807, 2.05) is 0 Å². The number of amides is 3. The molecule has 0 saturated carbocycles. The first kappa shape index (κ1) is 22.0. The van der Waals surface area contributed by atoms with Crippen LogP contribution in [0.2, 0.25) is 0 Å². The number of carbonyl (C=O) groups is 2. The molecular weight excluding hydrogens is 394 g/mol. The molecule has 3 amide bonds. The molecule has 6 nitrogen and oxygen atoms in total. The van der Waals surface area contributed by atoms with Crippen molar-refractivity contribution in [3.63, 3.8) is 0 Å². The monoisotopic (exact) mass is 413 g/mol. The lowest BCUT2D eigenvalue weighted by molar-refractivity contribution is -0.137. The number of benzene rings is 2. The molecule has 0 aliphatic heterocycles. The summed E-state index contributed by atoms with van der Waals surface area (Å²) in [7, 11) is 2.67. The predicted molar refractivity (Wildman–Crippen MR) is 99.2 cm³/mol. The minimum absolute atomic E-state index is 0.0370. The van der Waals surface area contributed by atoms with E-state index in [2.05, 4.69) is 10.6 Å². The van der Waals surface area contributed by atoms with Gasteiger partial charge in [-0.25, -0.2) is 9.18 Å². The van der Waals surface area contributed by atoms with E-state index in [4.69, 9.17) is 4.74 Å². The quantitative estimate of drug-likeness (QED) is 0.711. The normalized spacial score (nSPS) is 11.0. The minimum atomic E-state index is -4.76. The molecule has 29 heavy (non-hydrogen) atoms.